The molecular weight excluding hydrogens is 302 g/mol. The summed E-state index contributed by atoms with van der Waals surface area (Å²) in [5.74, 6) is 0.834. The summed E-state index contributed by atoms with van der Waals surface area (Å²) < 4.78 is 1.79. The van der Waals surface area contributed by atoms with Gasteiger partial charge < -0.3 is 10.6 Å². The van der Waals surface area contributed by atoms with Gasteiger partial charge in [-0.2, -0.15) is 5.10 Å². The number of piperidine rings is 1. The minimum atomic E-state index is 0.143. The highest BCUT2D eigenvalue weighted by molar-refractivity contribution is 5.75. The van der Waals surface area contributed by atoms with Gasteiger partial charge in [0.25, 0.3) is 0 Å². The van der Waals surface area contributed by atoms with Gasteiger partial charge in [-0.25, -0.2) is 9.67 Å². The summed E-state index contributed by atoms with van der Waals surface area (Å²) in [6, 6.07) is 8.13. The van der Waals surface area contributed by atoms with Crippen molar-refractivity contribution in [2.24, 2.45) is 5.92 Å². The van der Waals surface area contributed by atoms with Crippen molar-refractivity contribution in [2.45, 2.75) is 38.8 Å². The second-order valence-electron chi connectivity index (χ2n) is 6.37. The molecule has 1 aromatic carbocycles. The zero-order valence-corrected chi connectivity index (χ0v) is 13.9. The standard InChI is InChI=1S/C18H25N5O/c24-18(6-5-15-7-9-19-10-8-15)21-11-16-3-1-2-4-17(16)12-23-14-20-13-22-23/h1-4,13-15,19H,5-12H2,(H,21,24). The van der Waals surface area contributed by atoms with Crippen LogP contribution in [0.5, 0.6) is 0 Å². The third kappa shape index (κ3) is 4.89. The predicted octanol–water partition coefficient (Wildman–Crippen LogP) is 1.72. The molecule has 0 atom stereocenters. The Bertz CT molecular complexity index is 635. The number of nitrogens with zero attached hydrogens (tertiary/aromatic N) is 3. The number of rotatable bonds is 7. The van der Waals surface area contributed by atoms with E-state index in [9.17, 15) is 4.79 Å². The lowest BCUT2D eigenvalue weighted by molar-refractivity contribution is -0.121. The third-order valence-electron chi connectivity index (χ3n) is 4.63. The molecule has 2 N–H and O–H groups in total. The zero-order valence-electron chi connectivity index (χ0n) is 13.9. The monoisotopic (exact) mass is 327 g/mol. The zero-order chi connectivity index (χ0) is 16.6. The van der Waals surface area contributed by atoms with E-state index >= 15 is 0 Å². The topological polar surface area (TPSA) is 71.8 Å². The van der Waals surface area contributed by atoms with Gasteiger partial charge >= 0.3 is 0 Å². The van der Waals surface area contributed by atoms with Crippen LogP contribution in [-0.2, 0) is 17.9 Å². The Hall–Kier alpha value is -2.21. The van der Waals surface area contributed by atoms with E-state index < -0.39 is 0 Å². The Kier molecular flexibility index (Phi) is 5.96. The normalized spacial score (nSPS) is 15.3. The molecule has 0 bridgehead atoms. The molecule has 128 valence electrons. The van der Waals surface area contributed by atoms with E-state index in [-0.39, 0.29) is 5.91 Å². The Morgan fingerprint density at radius 1 is 1.25 bits per heavy atom. The number of aromatic nitrogens is 3. The van der Waals surface area contributed by atoms with Crippen molar-refractivity contribution in [2.75, 3.05) is 13.1 Å². The summed E-state index contributed by atoms with van der Waals surface area (Å²) in [4.78, 5) is 16.1. The smallest absolute Gasteiger partial charge is 0.220 e. The Labute approximate surface area is 142 Å². The average Bonchev–Trinajstić information content (AvgIpc) is 3.13. The molecule has 0 aliphatic carbocycles. The summed E-state index contributed by atoms with van der Waals surface area (Å²) in [5, 5.41) is 10.6. The van der Waals surface area contributed by atoms with Crippen molar-refractivity contribution in [1.29, 1.82) is 0 Å². The van der Waals surface area contributed by atoms with Crippen LogP contribution >= 0.6 is 0 Å². The van der Waals surface area contributed by atoms with E-state index in [0.717, 1.165) is 30.6 Å². The van der Waals surface area contributed by atoms with Crippen LogP contribution in [0.15, 0.2) is 36.9 Å². The van der Waals surface area contributed by atoms with Crippen molar-refractivity contribution in [3.8, 4) is 0 Å². The molecule has 6 heteroatoms. The number of nitrogens with one attached hydrogen (secondary N) is 2. The first kappa shape index (κ1) is 16.6. The lowest BCUT2D eigenvalue weighted by Crippen LogP contribution is -2.29. The van der Waals surface area contributed by atoms with Crippen LogP contribution in [0.4, 0.5) is 0 Å². The second-order valence-corrected chi connectivity index (χ2v) is 6.37. The third-order valence-corrected chi connectivity index (χ3v) is 4.63. The Morgan fingerprint density at radius 2 is 2.04 bits per heavy atom. The Morgan fingerprint density at radius 3 is 2.79 bits per heavy atom. The van der Waals surface area contributed by atoms with Gasteiger partial charge in [0, 0.05) is 13.0 Å². The molecule has 0 unspecified atom stereocenters. The highest BCUT2D eigenvalue weighted by Gasteiger charge is 2.14. The maximum atomic E-state index is 12.1. The quantitative estimate of drug-likeness (QED) is 0.812. The van der Waals surface area contributed by atoms with Gasteiger partial charge in [-0.3, -0.25) is 4.79 Å². The van der Waals surface area contributed by atoms with Crippen LogP contribution in [0, 0.1) is 5.92 Å². The van der Waals surface area contributed by atoms with Crippen molar-refractivity contribution in [3.63, 3.8) is 0 Å². The van der Waals surface area contributed by atoms with E-state index in [2.05, 4.69) is 32.8 Å². The maximum absolute atomic E-state index is 12.1. The molecule has 1 amide bonds. The molecule has 2 aromatic rings. The molecule has 1 aromatic heterocycles. The fourth-order valence-electron chi connectivity index (χ4n) is 3.16. The van der Waals surface area contributed by atoms with Crippen LogP contribution in [-0.4, -0.2) is 33.8 Å². The van der Waals surface area contributed by atoms with Crippen LogP contribution in [0.3, 0.4) is 0 Å². The molecule has 1 saturated heterocycles. The molecule has 24 heavy (non-hydrogen) atoms. The SMILES string of the molecule is O=C(CCC1CCNCC1)NCc1ccccc1Cn1cncn1. The fraction of sp³-hybridized carbons (Fsp3) is 0.500. The number of amides is 1. The van der Waals surface area contributed by atoms with Crippen molar-refractivity contribution in [1.82, 2.24) is 25.4 Å². The van der Waals surface area contributed by atoms with Crippen LogP contribution in [0.1, 0.15) is 36.8 Å². The molecule has 1 fully saturated rings. The molecular formula is C18H25N5O. The first-order valence-corrected chi connectivity index (χ1v) is 8.68. The first-order valence-electron chi connectivity index (χ1n) is 8.68. The van der Waals surface area contributed by atoms with Gasteiger partial charge in [-0.1, -0.05) is 24.3 Å². The van der Waals surface area contributed by atoms with Gasteiger partial charge in [0.05, 0.1) is 6.54 Å². The highest BCUT2D eigenvalue weighted by Crippen LogP contribution is 2.17. The van der Waals surface area contributed by atoms with Gasteiger partial charge in [-0.15, -0.1) is 0 Å². The minimum absolute atomic E-state index is 0.143. The lowest BCUT2D eigenvalue weighted by atomic mass is 9.93. The highest BCUT2D eigenvalue weighted by atomic mass is 16.1. The largest absolute Gasteiger partial charge is 0.352 e. The fourth-order valence-corrected chi connectivity index (χ4v) is 3.16. The summed E-state index contributed by atoms with van der Waals surface area (Å²) in [6.07, 6.45) is 7.23. The number of benzene rings is 1. The first-order chi connectivity index (χ1) is 11.8. The molecule has 2 heterocycles. The van der Waals surface area contributed by atoms with Gasteiger partial charge in [0.2, 0.25) is 5.91 Å². The van der Waals surface area contributed by atoms with E-state index in [1.807, 2.05) is 12.1 Å². The second kappa shape index (κ2) is 8.59. The molecule has 6 nitrogen and oxygen atoms in total. The van der Waals surface area contributed by atoms with Crippen molar-refractivity contribution < 1.29 is 4.79 Å². The number of hydrogen-bond donors (Lipinski definition) is 2. The van der Waals surface area contributed by atoms with E-state index in [1.165, 1.54) is 19.2 Å². The van der Waals surface area contributed by atoms with Crippen molar-refractivity contribution >= 4 is 5.91 Å². The maximum Gasteiger partial charge on any atom is 0.220 e. The summed E-state index contributed by atoms with van der Waals surface area (Å²) >= 11 is 0. The summed E-state index contributed by atoms with van der Waals surface area (Å²) in [7, 11) is 0. The molecule has 0 saturated carbocycles. The molecule has 0 radical (unpaired) electrons. The predicted molar refractivity (Wildman–Crippen MR) is 92.2 cm³/mol. The van der Waals surface area contributed by atoms with Gasteiger partial charge in [0.15, 0.2) is 0 Å². The van der Waals surface area contributed by atoms with Crippen LogP contribution < -0.4 is 10.6 Å². The van der Waals surface area contributed by atoms with E-state index in [0.29, 0.717) is 25.4 Å². The molecule has 1 aliphatic heterocycles. The van der Waals surface area contributed by atoms with Gasteiger partial charge in [-0.05, 0) is 49.4 Å². The summed E-state index contributed by atoms with van der Waals surface area (Å²) in [6.45, 7) is 3.40. The number of carbonyl (C=O) groups excluding carboxylic acids is 1. The Balaban J connectivity index is 1.48. The molecule has 0 spiro atoms. The summed E-state index contributed by atoms with van der Waals surface area (Å²) in [5.41, 5.74) is 2.28. The van der Waals surface area contributed by atoms with E-state index in [1.54, 1.807) is 11.0 Å². The average molecular weight is 327 g/mol. The number of carbonyl (C=O) groups is 1. The van der Waals surface area contributed by atoms with Crippen LogP contribution in [0.2, 0.25) is 0 Å². The minimum Gasteiger partial charge on any atom is -0.352 e. The van der Waals surface area contributed by atoms with Gasteiger partial charge in [0.1, 0.15) is 12.7 Å². The van der Waals surface area contributed by atoms with Crippen LogP contribution in [0.25, 0.3) is 0 Å². The van der Waals surface area contributed by atoms with Crippen molar-refractivity contribution in [3.05, 3.63) is 48.0 Å². The molecule has 1 aliphatic rings. The lowest BCUT2D eigenvalue weighted by Gasteiger charge is -2.22. The number of hydrogen-bond acceptors (Lipinski definition) is 4. The van der Waals surface area contributed by atoms with E-state index in [4.69, 9.17) is 0 Å². The molecule has 3 rings (SSSR count).